The first kappa shape index (κ1) is 17.4. The van der Waals surface area contributed by atoms with Gasteiger partial charge in [-0.3, -0.25) is 4.79 Å². The van der Waals surface area contributed by atoms with Crippen molar-refractivity contribution >= 4 is 5.91 Å². The van der Waals surface area contributed by atoms with Crippen LogP contribution in [0.5, 0.6) is 0 Å². The molecule has 0 aromatic carbocycles. The number of rotatable bonds is 5. The van der Waals surface area contributed by atoms with E-state index in [0.29, 0.717) is 18.4 Å². The van der Waals surface area contributed by atoms with Crippen molar-refractivity contribution in [3.63, 3.8) is 0 Å². The summed E-state index contributed by atoms with van der Waals surface area (Å²) in [6.45, 7) is 6.16. The summed E-state index contributed by atoms with van der Waals surface area (Å²) in [5, 5.41) is 22.7. The lowest BCUT2D eigenvalue weighted by Crippen LogP contribution is -2.57. The van der Waals surface area contributed by atoms with Gasteiger partial charge in [-0.25, -0.2) is 0 Å². The second kappa shape index (κ2) is 7.57. The number of allylic oxidation sites excluding steroid dienone is 2. The van der Waals surface area contributed by atoms with E-state index in [4.69, 9.17) is 4.74 Å². The number of carbonyl (C=O) groups is 1. The normalized spacial score (nSPS) is 39.7. The largest absolute Gasteiger partial charge is 0.390 e. The Morgan fingerprint density at radius 1 is 1.36 bits per heavy atom. The second-order valence-electron chi connectivity index (χ2n) is 6.95. The van der Waals surface area contributed by atoms with Crippen LogP contribution < -0.4 is 5.32 Å². The van der Waals surface area contributed by atoms with Crippen LogP contribution in [-0.4, -0.2) is 47.1 Å². The third-order valence-electron chi connectivity index (χ3n) is 4.91. The van der Waals surface area contributed by atoms with E-state index in [9.17, 15) is 15.0 Å². The van der Waals surface area contributed by atoms with Gasteiger partial charge in [0.2, 0.25) is 5.91 Å². The first-order valence-corrected chi connectivity index (χ1v) is 8.36. The third kappa shape index (κ3) is 4.09. The van der Waals surface area contributed by atoms with Gasteiger partial charge in [0.15, 0.2) is 0 Å². The Bertz CT molecular complexity index is 411. The fourth-order valence-corrected chi connectivity index (χ4v) is 3.37. The fraction of sp³-hybridized carbons (Fsp3) is 0.824. The first-order valence-electron chi connectivity index (χ1n) is 8.36. The van der Waals surface area contributed by atoms with Gasteiger partial charge in [0.1, 0.15) is 12.2 Å². The molecule has 1 saturated heterocycles. The summed E-state index contributed by atoms with van der Waals surface area (Å²) < 4.78 is 5.58. The van der Waals surface area contributed by atoms with E-state index in [1.54, 1.807) is 13.8 Å². The van der Waals surface area contributed by atoms with E-state index in [1.807, 2.05) is 0 Å². The zero-order chi connectivity index (χ0) is 16.3. The molecule has 126 valence electrons. The molecular weight excluding hydrogens is 282 g/mol. The molecule has 1 aliphatic carbocycles. The number of aliphatic hydroxyl groups excluding tert-OH is 2. The number of hydrogen-bond acceptors (Lipinski definition) is 4. The van der Waals surface area contributed by atoms with E-state index in [1.165, 1.54) is 6.42 Å². The SMILES string of the molecule is CC(CNC(=O)C1O[C@@H](C)C(O)C(O)[C@@H]1C)C[C@@H]1C=CCC1. The smallest absolute Gasteiger partial charge is 0.249 e. The van der Waals surface area contributed by atoms with Crippen LogP contribution in [0.2, 0.25) is 0 Å². The summed E-state index contributed by atoms with van der Waals surface area (Å²) in [5.41, 5.74) is 0. The van der Waals surface area contributed by atoms with Crippen molar-refractivity contribution in [3.05, 3.63) is 12.2 Å². The van der Waals surface area contributed by atoms with Crippen LogP contribution in [0.25, 0.3) is 0 Å². The minimum absolute atomic E-state index is 0.195. The van der Waals surface area contributed by atoms with Gasteiger partial charge in [-0.2, -0.15) is 0 Å². The molecule has 2 rings (SSSR count). The predicted molar refractivity (Wildman–Crippen MR) is 84.2 cm³/mol. The highest BCUT2D eigenvalue weighted by Gasteiger charge is 2.43. The molecule has 0 radical (unpaired) electrons. The molecule has 2 aliphatic rings. The average molecular weight is 311 g/mol. The summed E-state index contributed by atoms with van der Waals surface area (Å²) in [7, 11) is 0. The van der Waals surface area contributed by atoms with Crippen LogP contribution in [0.3, 0.4) is 0 Å². The predicted octanol–water partition coefficient (Wildman–Crippen LogP) is 1.24. The second-order valence-corrected chi connectivity index (χ2v) is 6.95. The maximum Gasteiger partial charge on any atom is 0.249 e. The third-order valence-corrected chi connectivity index (χ3v) is 4.91. The Hall–Kier alpha value is -0.910. The zero-order valence-electron chi connectivity index (χ0n) is 13.7. The first-order chi connectivity index (χ1) is 10.4. The zero-order valence-corrected chi connectivity index (χ0v) is 13.7. The standard InChI is InChI=1S/C17H29NO4/c1-10(8-13-6-4-5-7-13)9-18-17(21)16-11(2)14(19)15(20)12(3)22-16/h4,6,10-16,19-20H,5,7-9H2,1-3H3,(H,18,21)/t10?,11-,12-,13+,14?,15?,16?/m0/s1. The van der Waals surface area contributed by atoms with Crippen LogP contribution in [-0.2, 0) is 9.53 Å². The van der Waals surface area contributed by atoms with E-state index >= 15 is 0 Å². The topological polar surface area (TPSA) is 78.8 Å². The van der Waals surface area contributed by atoms with Gasteiger partial charge in [-0.05, 0) is 38.0 Å². The number of aliphatic hydroxyl groups is 2. The molecule has 0 saturated carbocycles. The van der Waals surface area contributed by atoms with Crippen molar-refractivity contribution in [2.24, 2.45) is 17.8 Å². The number of carbonyl (C=O) groups excluding carboxylic acids is 1. The molecule has 3 N–H and O–H groups in total. The molecule has 7 atom stereocenters. The lowest BCUT2D eigenvalue weighted by Gasteiger charge is -2.39. The van der Waals surface area contributed by atoms with Gasteiger partial charge in [0, 0.05) is 12.5 Å². The minimum atomic E-state index is -0.938. The highest BCUT2D eigenvalue weighted by molar-refractivity contribution is 5.81. The van der Waals surface area contributed by atoms with Crippen LogP contribution in [0.4, 0.5) is 0 Å². The fourth-order valence-electron chi connectivity index (χ4n) is 3.37. The van der Waals surface area contributed by atoms with Crippen molar-refractivity contribution in [2.75, 3.05) is 6.54 Å². The molecule has 1 fully saturated rings. The molecule has 0 aromatic heterocycles. The molecule has 0 spiro atoms. The molecular formula is C17H29NO4. The maximum atomic E-state index is 12.3. The molecule has 1 aliphatic heterocycles. The van der Waals surface area contributed by atoms with Gasteiger partial charge in [-0.1, -0.05) is 26.0 Å². The lowest BCUT2D eigenvalue weighted by molar-refractivity contribution is -0.194. The maximum absolute atomic E-state index is 12.3. The summed E-state index contributed by atoms with van der Waals surface area (Å²) in [6, 6.07) is 0. The monoisotopic (exact) mass is 311 g/mol. The van der Waals surface area contributed by atoms with Gasteiger partial charge in [-0.15, -0.1) is 0 Å². The van der Waals surface area contributed by atoms with Crippen LogP contribution in [0.1, 0.15) is 40.0 Å². The Morgan fingerprint density at radius 2 is 2.09 bits per heavy atom. The van der Waals surface area contributed by atoms with Gasteiger partial charge in [0.05, 0.1) is 12.2 Å². The molecule has 5 nitrogen and oxygen atoms in total. The Labute approximate surface area is 132 Å². The van der Waals surface area contributed by atoms with Crippen LogP contribution in [0, 0.1) is 17.8 Å². The van der Waals surface area contributed by atoms with Gasteiger partial charge in [0.25, 0.3) is 0 Å². The van der Waals surface area contributed by atoms with E-state index < -0.39 is 30.3 Å². The minimum Gasteiger partial charge on any atom is -0.390 e. The van der Waals surface area contributed by atoms with Crippen molar-refractivity contribution in [1.29, 1.82) is 0 Å². The molecule has 0 aromatic rings. The Kier molecular flexibility index (Phi) is 6.01. The van der Waals surface area contributed by atoms with E-state index in [0.717, 1.165) is 12.8 Å². The molecule has 4 unspecified atom stereocenters. The Balaban J connectivity index is 1.79. The lowest BCUT2D eigenvalue weighted by atomic mass is 9.88. The van der Waals surface area contributed by atoms with Crippen LogP contribution in [0.15, 0.2) is 12.2 Å². The molecule has 0 bridgehead atoms. The van der Waals surface area contributed by atoms with Crippen molar-refractivity contribution in [3.8, 4) is 0 Å². The number of amides is 1. The molecule has 1 amide bonds. The van der Waals surface area contributed by atoms with Crippen molar-refractivity contribution in [1.82, 2.24) is 5.32 Å². The molecule has 22 heavy (non-hydrogen) atoms. The van der Waals surface area contributed by atoms with Crippen molar-refractivity contribution in [2.45, 2.75) is 64.4 Å². The van der Waals surface area contributed by atoms with Gasteiger partial charge >= 0.3 is 0 Å². The summed E-state index contributed by atoms with van der Waals surface area (Å²) in [4.78, 5) is 12.3. The van der Waals surface area contributed by atoms with E-state index in [2.05, 4.69) is 24.4 Å². The number of nitrogens with one attached hydrogen (secondary N) is 1. The Morgan fingerprint density at radius 3 is 2.73 bits per heavy atom. The quantitative estimate of drug-likeness (QED) is 0.668. The molecule has 5 heteroatoms. The summed E-state index contributed by atoms with van der Waals surface area (Å²) in [6.07, 6.45) is 4.83. The molecule has 1 heterocycles. The summed E-state index contributed by atoms with van der Waals surface area (Å²) >= 11 is 0. The summed E-state index contributed by atoms with van der Waals surface area (Å²) in [5.74, 6) is 0.427. The highest BCUT2D eigenvalue weighted by atomic mass is 16.5. The van der Waals surface area contributed by atoms with Crippen LogP contribution >= 0.6 is 0 Å². The van der Waals surface area contributed by atoms with Crippen molar-refractivity contribution < 1.29 is 19.7 Å². The number of ether oxygens (including phenoxy) is 1. The van der Waals surface area contributed by atoms with E-state index in [-0.39, 0.29) is 5.91 Å². The highest BCUT2D eigenvalue weighted by Crippen LogP contribution is 2.26. The number of hydrogen-bond donors (Lipinski definition) is 3. The van der Waals surface area contributed by atoms with Gasteiger partial charge < -0.3 is 20.3 Å². The average Bonchev–Trinajstić information content (AvgIpc) is 2.99.